The normalized spacial score (nSPS) is 22.6. The number of nitrogens with two attached hydrogens (primary N) is 1. The molecule has 1 saturated carbocycles. The first-order chi connectivity index (χ1) is 9.15. The van der Waals surface area contributed by atoms with Gasteiger partial charge >= 0.3 is 0 Å². The molecule has 1 aromatic rings. The lowest BCUT2D eigenvalue weighted by molar-refractivity contribution is 0.248. The molecule has 1 aliphatic heterocycles. The lowest BCUT2D eigenvalue weighted by atomic mass is 10.1. The van der Waals surface area contributed by atoms with Crippen LogP contribution in [0.4, 0.5) is 5.69 Å². The van der Waals surface area contributed by atoms with Gasteiger partial charge in [-0.3, -0.25) is 4.90 Å². The van der Waals surface area contributed by atoms with Gasteiger partial charge in [0.15, 0.2) is 0 Å². The van der Waals surface area contributed by atoms with Crippen molar-refractivity contribution in [1.29, 1.82) is 0 Å². The number of anilines is 1. The van der Waals surface area contributed by atoms with E-state index in [0.29, 0.717) is 0 Å². The fourth-order valence-electron chi connectivity index (χ4n) is 2.83. The number of benzene rings is 1. The number of piperazine rings is 1. The van der Waals surface area contributed by atoms with Gasteiger partial charge in [0.2, 0.25) is 0 Å². The molecule has 104 valence electrons. The van der Waals surface area contributed by atoms with Gasteiger partial charge in [-0.25, -0.2) is 0 Å². The zero-order valence-electron chi connectivity index (χ0n) is 11.5. The molecule has 0 spiro atoms. The van der Waals surface area contributed by atoms with Gasteiger partial charge < -0.3 is 10.6 Å². The molecule has 2 aliphatic rings. The SMILES string of the molecule is C[C@H](N)c1ccc(N2CCN(C3CC3)CC2)c(Br)c1. The van der Waals surface area contributed by atoms with Gasteiger partial charge in [0.25, 0.3) is 0 Å². The second-order valence-corrected chi connectivity index (χ2v) is 6.61. The van der Waals surface area contributed by atoms with E-state index in [2.05, 4.69) is 43.9 Å². The molecule has 2 fully saturated rings. The summed E-state index contributed by atoms with van der Waals surface area (Å²) in [7, 11) is 0. The van der Waals surface area contributed by atoms with Crippen LogP contribution in [-0.2, 0) is 0 Å². The monoisotopic (exact) mass is 323 g/mol. The van der Waals surface area contributed by atoms with Gasteiger partial charge in [-0.1, -0.05) is 6.07 Å². The van der Waals surface area contributed by atoms with E-state index in [1.54, 1.807) is 0 Å². The summed E-state index contributed by atoms with van der Waals surface area (Å²) in [5, 5.41) is 0. The minimum atomic E-state index is 0.0945. The zero-order chi connectivity index (χ0) is 13.4. The highest BCUT2D eigenvalue weighted by Crippen LogP contribution is 2.32. The molecular formula is C15H22BrN3. The van der Waals surface area contributed by atoms with Crippen molar-refractivity contribution >= 4 is 21.6 Å². The molecule has 0 bridgehead atoms. The molecule has 3 nitrogen and oxygen atoms in total. The average molecular weight is 324 g/mol. The molecule has 0 unspecified atom stereocenters. The van der Waals surface area contributed by atoms with E-state index >= 15 is 0 Å². The van der Waals surface area contributed by atoms with Crippen LogP contribution in [0.5, 0.6) is 0 Å². The van der Waals surface area contributed by atoms with Crippen LogP contribution >= 0.6 is 15.9 Å². The average Bonchev–Trinajstić information content (AvgIpc) is 3.23. The molecule has 3 rings (SSSR count). The lowest BCUT2D eigenvalue weighted by Crippen LogP contribution is -2.47. The van der Waals surface area contributed by atoms with Crippen molar-refractivity contribution in [3.63, 3.8) is 0 Å². The number of hydrogen-bond acceptors (Lipinski definition) is 3. The highest BCUT2D eigenvalue weighted by atomic mass is 79.9. The highest BCUT2D eigenvalue weighted by molar-refractivity contribution is 9.10. The van der Waals surface area contributed by atoms with Gasteiger partial charge in [0, 0.05) is 42.7 Å². The third-order valence-electron chi connectivity index (χ3n) is 4.22. The fourth-order valence-corrected chi connectivity index (χ4v) is 3.48. The van der Waals surface area contributed by atoms with E-state index in [0.717, 1.165) is 19.1 Å². The minimum absolute atomic E-state index is 0.0945. The van der Waals surface area contributed by atoms with Gasteiger partial charge in [0.1, 0.15) is 0 Å². The van der Waals surface area contributed by atoms with Crippen LogP contribution in [-0.4, -0.2) is 37.1 Å². The summed E-state index contributed by atoms with van der Waals surface area (Å²) >= 11 is 3.70. The number of rotatable bonds is 3. The first-order valence-electron chi connectivity index (χ1n) is 7.19. The molecule has 2 N–H and O–H groups in total. The van der Waals surface area contributed by atoms with Gasteiger partial charge in [0.05, 0.1) is 5.69 Å². The molecular weight excluding hydrogens is 302 g/mol. The molecule has 0 aromatic heterocycles. The molecule has 1 atom stereocenters. The Bertz CT molecular complexity index is 449. The second kappa shape index (κ2) is 5.43. The van der Waals surface area contributed by atoms with Crippen molar-refractivity contribution < 1.29 is 0 Å². The maximum Gasteiger partial charge on any atom is 0.0511 e. The molecule has 1 heterocycles. The molecule has 0 amide bonds. The lowest BCUT2D eigenvalue weighted by Gasteiger charge is -2.36. The number of halogens is 1. The van der Waals surface area contributed by atoms with Gasteiger partial charge in [-0.05, 0) is 53.4 Å². The largest absolute Gasteiger partial charge is 0.368 e. The smallest absolute Gasteiger partial charge is 0.0511 e. The van der Waals surface area contributed by atoms with E-state index in [-0.39, 0.29) is 6.04 Å². The summed E-state index contributed by atoms with van der Waals surface area (Å²) in [5.41, 5.74) is 8.42. The highest BCUT2D eigenvalue weighted by Gasteiger charge is 2.31. The zero-order valence-corrected chi connectivity index (χ0v) is 13.1. The van der Waals surface area contributed by atoms with Crippen molar-refractivity contribution in [2.75, 3.05) is 31.1 Å². The van der Waals surface area contributed by atoms with Crippen LogP contribution in [0.2, 0.25) is 0 Å². The van der Waals surface area contributed by atoms with Crippen molar-refractivity contribution in [3.05, 3.63) is 28.2 Å². The van der Waals surface area contributed by atoms with Crippen LogP contribution in [0.15, 0.2) is 22.7 Å². The predicted molar refractivity (Wildman–Crippen MR) is 83.6 cm³/mol. The fraction of sp³-hybridized carbons (Fsp3) is 0.600. The Kier molecular flexibility index (Phi) is 3.83. The summed E-state index contributed by atoms with van der Waals surface area (Å²) in [5.74, 6) is 0. The third kappa shape index (κ3) is 2.96. The molecule has 19 heavy (non-hydrogen) atoms. The van der Waals surface area contributed by atoms with Crippen LogP contribution in [0, 0.1) is 0 Å². The Labute approximate surface area is 123 Å². The van der Waals surface area contributed by atoms with E-state index in [1.807, 2.05) is 6.92 Å². The topological polar surface area (TPSA) is 32.5 Å². The molecule has 1 aliphatic carbocycles. The first kappa shape index (κ1) is 13.4. The molecule has 1 saturated heterocycles. The Hall–Kier alpha value is -0.580. The van der Waals surface area contributed by atoms with Crippen LogP contribution in [0.3, 0.4) is 0 Å². The van der Waals surface area contributed by atoms with E-state index in [4.69, 9.17) is 5.73 Å². The first-order valence-corrected chi connectivity index (χ1v) is 7.98. The van der Waals surface area contributed by atoms with Crippen LogP contribution < -0.4 is 10.6 Å². The predicted octanol–water partition coefficient (Wildman–Crippen LogP) is 2.75. The van der Waals surface area contributed by atoms with Crippen molar-refractivity contribution in [1.82, 2.24) is 4.90 Å². The maximum absolute atomic E-state index is 5.93. The summed E-state index contributed by atoms with van der Waals surface area (Å²) in [6.07, 6.45) is 2.82. The van der Waals surface area contributed by atoms with E-state index in [1.165, 1.54) is 41.7 Å². The van der Waals surface area contributed by atoms with Crippen LogP contribution in [0.1, 0.15) is 31.4 Å². The maximum atomic E-state index is 5.93. The van der Waals surface area contributed by atoms with E-state index < -0.39 is 0 Å². The summed E-state index contributed by atoms with van der Waals surface area (Å²) < 4.78 is 1.17. The Morgan fingerprint density at radius 1 is 1.21 bits per heavy atom. The van der Waals surface area contributed by atoms with Crippen molar-refractivity contribution in [2.24, 2.45) is 5.73 Å². The number of hydrogen-bond donors (Lipinski definition) is 1. The van der Waals surface area contributed by atoms with E-state index in [9.17, 15) is 0 Å². The Morgan fingerprint density at radius 3 is 2.42 bits per heavy atom. The molecule has 1 aromatic carbocycles. The third-order valence-corrected chi connectivity index (χ3v) is 4.85. The second-order valence-electron chi connectivity index (χ2n) is 5.75. The summed E-state index contributed by atoms with van der Waals surface area (Å²) in [6, 6.07) is 7.50. The van der Waals surface area contributed by atoms with Gasteiger partial charge in [-0.15, -0.1) is 0 Å². The Morgan fingerprint density at radius 2 is 1.89 bits per heavy atom. The summed E-state index contributed by atoms with van der Waals surface area (Å²) in [6.45, 7) is 6.69. The number of nitrogens with zero attached hydrogens (tertiary/aromatic N) is 2. The molecule has 4 heteroatoms. The standard InChI is InChI=1S/C15H22BrN3/c1-11(17)12-2-5-15(14(16)10-12)19-8-6-18(7-9-19)13-3-4-13/h2,5,10-11,13H,3-4,6-9,17H2,1H3/t11-/m0/s1. The van der Waals surface area contributed by atoms with Crippen molar-refractivity contribution in [2.45, 2.75) is 31.8 Å². The van der Waals surface area contributed by atoms with Crippen LogP contribution in [0.25, 0.3) is 0 Å². The van der Waals surface area contributed by atoms with Crippen molar-refractivity contribution in [3.8, 4) is 0 Å². The minimum Gasteiger partial charge on any atom is -0.368 e. The summed E-state index contributed by atoms with van der Waals surface area (Å²) in [4.78, 5) is 5.12. The Balaban J connectivity index is 1.69. The quantitative estimate of drug-likeness (QED) is 0.928. The molecule has 0 radical (unpaired) electrons. The van der Waals surface area contributed by atoms with Gasteiger partial charge in [-0.2, -0.15) is 0 Å².